The summed E-state index contributed by atoms with van der Waals surface area (Å²) in [6.45, 7) is 5.96. The molecule has 4 nitrogen and oxygen atoms in total. The van der Waals surface area contributed by atoms with Crippen molar-refractivity contribution in [1.29, 1.82) is 0 Å². The van der Waals surface area contributed by atoms with Crippen molar-refractivity contribution in [3.8, 4) is 0 Å². The Bertz CT molecular complexity index is 541. The van der Waals surface area contributed by atoms with Gasteiger partial charge in [-0.05, 0) is 39.3 Å². The number of benzene rings is 1. The number of hydrogen-bond acceptors (Lipinski definition) is 3. The summed E-state index contributed by atoms with van der Waals surface area (Å²) >= 11 is 12.2. The van der Waals surface area contributed by atoms with Crippen LogP contribution in [-0.4, -0.2) is 18.2 Å². The number of anilines is 1. The molecule has 1 aromatic rings. The van der Waals surface area contributed by atoms with Crippen LogP contribution in [0.15, 0.2) is 12.1 Å². The summed E-state index contributed by atoms with van der Waals surface area (Å²) in [5, 5.41) is 0.949. The van der Waals surface area contributed by atoms with E-state index in [1.54, 1.807) is 17.0 Å². The molecule has 6 heteroatoms. The first-order valence-electron chi connectivity index (χ1n) is 6.44. The third-order valence-electron chi connectivity index (χ3n) is 3.01. The molecule has 2 rings (SSSR count). The monoisotopic (exact) mass is 316 g/mol. The summed E-state index contributed by atoms with van der Waals surface area (Å²) in [7, 11) is 0. The Morgan fingerprint density at radius 1 is 1.40 bits per heavy atom. The number of ether oxygens (including phenoxy) is 1. The van der Waals surface area contributed by atoms with E-state index >= 15 is 0 Å². The highest BCUT2D eigenvalue weighted by Gasteiger charge is 2.31. The molecule has 1 amide bonds. The number of rotatable bonds is 0. The zero-order chi connectivity index (χ0) is 15.1. The van der Waals surface area contributed by atoms with Gasteiger partial charge in [0.25, 0.3) is 0 Å². The van der Waals surface area contributed by atoms with Crippen molar-refractivity contribution in [3.05, 3.63) is 27.7 Å². The number of fused-ring (bicyclic) bond motifs is 1. The smallest absolute Gasteiger partial charge is 0.414 e. The maximum atomic E-state index is 12.3. The van der Waals surface area contributed by atoms with Crippen molar-refractivity contribution in [2.45, 2.75) is 38.8 Å². The second-order valence-corrected chi connectivity index (χ2v) is 6.69. The normalized spacial score (nSPS) is 18.7. The van der Waals surface area contributed by atoms with Gasteiger partial charge in [-0.2, -0.15) is 0 Å². The molecule has 0 aromatic heterocycles. The Kier molecular flexibility index (Phi) is 4.19. The standard InChI is InChI=1S/C14H18Cl2N2O2/c1-14(2,3)20-13(19)18-5-4-10(17)12-9(16)6-8(15)7-11(12)18/h6-7,10H,4-5,17H2,1-3H3. The average Bonchev–Trinajstić information content (AvgIpc) is 2.25. The summed E-state index contributed by atoms with van der Waals surface area (Å²) in [5.74, 6) is 0. The molecule has 2 N–H and O–H groups in total. The van der Waals surface area contributed by atoms with Gasteiger partial charge < -0.3 is 10.5 Å². The van der Waals surface area contributed by atoms with Crippen LogP contribution in [0.4, 0.5) is 10.5 Å². The first kappa shape index (κ1) is 15.4. The van der Waals surface area contributed by atoms with E-state index in [0.29, 0.717) is 28.7 Å². The highest BCUT2D eigenvalue weighted by molar-refractivity contribution is 6.35. The molecule has 1 aromatic carbocycles. The van der Waals surface area contributed by atoms with Gasteiger partial charge in [-0.15, -0.1) is 0 Å². The van der Waals surface area contributed by atoms with E-state index in [9.17, 15) is 4.79 Å². The maximum Gasteiger partial charge on any atom is 0.414 e. The molecule has 0 aliphatic carbocycles. The van der Waals surface area contributed by atoms with Crippen molar-refractivity contribution in [2.24, 2.45) is 5.73 Å². The SMILES string of the molecule is CC(C)(C)OC(=O)N1CCC(N)c2c(Cl)cc(Cl)cc21. The largest absolute Gasteiger partial charge is 0.443 e. The van der Waals surface area contributed by atoms with E-state index in [1.807, 2.05) is 20.8 Å². The minimum Gasteiger partial charge on any atom is -0.443 e. The van der Waals surface area contributed by atoms with Crippen LogP contribution in [0.25, 0.3) is 0 Å². The van der Waals surface area contributed by atoms with E-state index in [0.717, 1.165) is 5.56 Å². The lowest BCUT2D eigenvalue weighted by Gasteiger charge is -2.34. The molecule has 0 radical (unpaired) electrons. The van der Waals surface area contributed by atoms with Gasteiger partial charge in [-0.25, -0.2) is 4.79 Å². The van der Waals surface area contributed by atoms with Crippen molar-refractivity contribution < 1.29 is 9.53 Å². The zero-order valence-electron chi connectivity index (χ0n) is 11.7. The highest BCUT2D eigenvalue weighted by Crippen LogP contribution is 2.40. The molecule has 0 fully saturated rings. The van der Waals surface area contributed by atoms with E-state index in [4.69, 9.17) is 33.7 Å². The number of amides is 1. The quantitative estimate of drug-likeness (QED) is 0.782. The predicted octanol–water partition coefficient (Wildman–Crippen LogP) is 4.14. The van der Waals surface area contributed by atoms with E-state index in [-0.39, 0.29) is 6.04 Å². The number of hydrogen-bond donors (Lipinski definition) is 1. The van der Waals surface area contributed by atoms with Crippen LogP contribution in [0.2, 0.25) is 10.0 Å². The summed E-state index contributed by atoms with van der Waals surface area (Å²) in [4.78, 5) is 13.8. The lowest BCUT2D eigenvalue weighted by atomic mass is 9.97. The molecule has 1 aliphatic heterocycles. The maximum absolute atomic E-state index is 12.3. The second kappa shape index (κ2) is 5.43. The van der Waals surface area contributed by atoms with Gasteiger partial charge in [0.05, 0.1) is 5.69 Å². The Morgan fingerprint density at radius 3 is 2.65 bits per heavy atom. The molecule has 0 saturated heterocycles. The third-order valence-corrected chi connectivity index (χ3v) is 3.54. The number of nitrogens with two attached hydrogens (primary N) is 1. The topological polar surface area (TPSA) is 55.6 Å². The molecule has 20 heavy (non-hydrogen) atoms. The summed E-state index contributed by atoms with van der Waals surface area (Å²) in [6.07, 6.45) is 0.220. The Balaban J connectivity index is 2.41. The molecule has 1 aliphatic rings. The molecule has 0 bridgehead atoms. The minimum absolute atomic E-state index is 0.201. The Labute approximate surface area is 128 Å². The van der Waals surface area contributed by atoms with Crippen molar-refractivity contribution in [2.75, 3.05) is 11.4 Å². The summed E-state index contributed by atoms with van der Waals surface area (Å²) in [6, 6.07) is 3.14. The van der Waals surface area contributed by atoms with Gasteiger partial charge in [0.1, 0.15) is 5.60 Å². The van der Waals surface area contributed by atoms with Gasteiger partial charge in [-0.3, -0.25) is 4.90 Å². The van der Waals surface area contributed by atoms with Crippen molar-refractivity contribution in [1.82, 2.24) is 0 Å². The molecular weight excluding hydrogens is 299 g/mol. The van der Waals surface area contributed by atoms with Crippen molar-refractivity contribution in [3.63, 3.8) is 0 Å². The van der Waals surface area contributed by atoms with Crippen LogP contribution in [0, 0.1) is 0 Å². The van der Waals surface area contributed by atoms with E-state index in [2.05, 4.69) is 0 Å². The van der Waals surface area contributed by atoms with Crippen LogP contribution >= 0.6 is 23.2 Å². The fourth-order valence-corrected chi connectivity index (χ4v) is 2.82. The highest BCUT2D eigenvalue weighted by atomic mass is 35.5. The lowest BCUT2D eigenvalue weighted by Crippen LogP contribution is -2.41. The molecular formula is C14H18Cl2N2O2. The first-order chi connectivity index (χ1) is 9.19. The second-order valence-electron chi connectivity index (χ2n) is 5.85. The minimum atomic E-state index is -0.556. The molecule has 110 valence electrons. The van der Waals surface area contributed by atoms with Gasteiger partial charge in [0, 0.05) is 28.2 Å². The van der Waals surface area contributed by atoms with Crippen LogP contribution < -0.4 is 10.6 Å². The fraction of sp³-hybridized carbons (Fsp3) is 0.500. The molecule has 1 unspecified atom stereocenters. The molecule has 0 spiro atoms. The summed E-state index contributed by atoms with van der Waals surface area (Å²) in [5.41, 5.74) is 6.90. The number of nitrogens with zero attached hydrogens (tertiary/aromatic N) is 1. The third kappa shape index (κ3) is 3.19. The predicted molar refractivity (Wildman–Crippen MR) is 81.6 cm³/mol. The Hall–Kier alpha value is -0.970. The molecule has 1 atom stereocenters. The van der Waals surface area contributed by atoms with E-state index in [1.165, 1.54) is 0 Å². The summed E-state index contributed by atoms with van der Waals surface area (Å²) < 4.78 is 5.41. The van der Waals surface area contributed by atoms with Gasteiger partial charge >= 0.3 is 6.09 Å². The van der Waals surface area contributed by atoms with Gasteiger partial charge in [0.15, 0.2) is 0 Å². The number of halogens is 2. The average molecular weight is 317 g/mol. The molecule has 0 saturated carbocycles. The zero-order valence-corrected chi connectivity index (χ0v) is 13.3. The molecule has 1 heterocycles. The van der Waals surface area contributed by atoms with Gasteiger partial charge in [-0.1, -0.05) is 23.2 Å². The lowest BCUT2D eigenvalue weighted by molar-refractivity contribution is 0.0576. The van der Waals surface area contributed by atoms with E-state index < -0.39 is 11.7 Å². The number of carbonyl (C=O) groups excluding carboxylic acids is 1. The fourth-order valence-electron chi connectivity index (χ4n) is 2.20. The number of carbonyl (C=O) groups is 1. The van der Waals surface area contributed by atoms with Crippen LogP contribution in [0.5, 0.6) is 0 Å². The first-order valence-corrected chi connectivity index (χ1v) is 7.19. The van der Waals surface area contributed by atoms with Crippen LogP contribution in [0.1, 0.15) is 38.8 Å². The van der Waals surface area contributed by atoms with Crippen LogP contribution in [-0.2, 0) is 4.74 Å². The van der Waals surface area contributed by atoms with Gasteiger partial charge in [0.2, 0.25) is 0 Å². The van der Waals surface area contributed by atoms with Crippen molar-refractivity contribution >= 4 is 35.0 Å². The van der Waals surface area contributed by atoms with Crippen LogP contribution in [0.3, 0.4) is 0 Å². The Morgan fingerprint density at radius 2 is 2.05 bits per heavy atom.